The van der Waals surface area contributed by atoms with Crippen LogP contribution in [0.1, 0.15) is 56.1 Å². The smallest absolute Gasteiger partial charge is 0.230 e. The van der Waals surface area contributed by atoms with Crippen molar-refractivity contribution >= 4 is 23.3 Å². The molecule has 0 unspecified atom stereocenters. The summed E-state index contributed by atoms with van der Waals surface area (Å²) >= 11 is 0. The highest BCUT2D eigenvalue weighted by molar-refractivity contribution is 6.11. The van der Waals surface area contributed by atoms with Gasteiger partial charge in [-0.2, -0.15) is 0 Å². The minimum absolute atomic E-state index is 0.111. The van der Waals surface area contributed by atoms with E-state index >= 15 is 0 Å². The first kappa shape index (κ1) is 24.8. The molecule has 2 fully saturated rings. The average molecular weight is 480 g/mol. The van der Waals surface area contributed by atoms with E-state index in [1.807, 2.05) is 13.0 Å². The fourth-order valence-electron chi connectivity index (χ4n) is 5.53. The molecule has 4 rings (SSSR count). The number of ketones is 3. The average Bonchev–Trinajstić information content (AvgIpc) is 2.79. The van der Waals surface area contributed by atoms with E-state index < -0.39 is 11.3 Å². The molecule has 1 spiro atoms. The summed E-state index contributed by atoms with van der Waals surface area (Å²) in [4.78, 5) is 52.0. The molecule has 0 atom stereocenters. The quantitative estimate of drug-likeness (QED) is 0.594. The first-order valence-corrected chi connectivity index (χ1v) is 11.9. The molecular formula is C28H30FNO5. The standard InChI is InChI=1S/C28H30FNO5/c1-17-12-20(19-4-6-21(29)7-5-19)14-24(35-3)26(17)27-22(32)15-28(16-23(27)33)8-10-30(11-9-28)25(34)13-18(2)31/h4-7,12,14,27H,8-11,13,15-16H2,1-3H3. The van der Waals surface area contributed by atoms with Crippen molar-refractivity contribution in [2.45, 2.75) is 51.9 Å². The lowest BCUT2D eigenvalue weighted by Crippen LogP contribution is -2.48. The fourth-order valence-corrected chi connectivity index (χ4v) is 5.53. The Balaban J connectivity index is 1.55. The molecule has 0 N–H and O–H groups in total. The number of amides is 1. The molecule has 1 aliphatic heterocycles. The number of likely N-dealkylation sites (tertiary alicyclic amines) is 1. The van der Waals surface area contributed by atoms with Gasteiger partial charge >= 0.3 is 0 Å². The van der Waals surface area contributed by atoms with Crippen LogP contribution in [0.2, 0.25) is 0 Å². The van der Waals surface area contributed by atoms with Crippen molar-refractivity contribution in [2.75, 3.05) is 20.2 Å². The van der Waals surface area contributed by atoms with Crippen LogP contribution in [0.5, 0.6) is 5.75 Å². The molecule has 2 aliphatic rings. The van der Waals surface area contributed by atoms with Gasteiger partial charge in [0.05, 0.1) is 13.5 Å². The molecule has 184 valence electrons. The molecule has 1 saturated heterocycles. The molecule has 0 bridgehead atoms. The van der Waals surface area contributed by atoms with Crippen LogP contribution in [0.15, 0.2) is 36.4 Å². The number of hydrogen-bond acceptors (Lipinski definition) is 5. The van der Waals surface area contributed by atoms with Crippen molar-refractivity contribution in [3.05, 3.63) is 53.3 Å². The summed E-state index contributed by atoms with van der Waals surface area (Å²) in [6.07, 6.45) is 1.59. The van der Waals surface area contributed by atoms with Gasteiger partial charge in [0.2, 0.25) is 5.91 Å². The number of Topliss-reactive ketones (excluding diaryl/α,β-unsaturated/α-hetero) is 3. The maximum atomic E-state index is 13.4. The van der Waals surface area contributed by atoms with Crippen LogP contribution in [-0.2, 0) is 19.2 Å². The zero-order chi connectivity index (χ0) is 25.3. The van der Waals surface area contributed by atoms with Gasteiger partial charge in [0, 0.05) is 31.5 Å². The van der Waals surface area contributed by atoms with E-state index in [1.54, 1.807) is 23.1 Å². The number of carbonyl (C=O) groups excluding carboxylic acids is 4. The van der Waals surface area contributed by atoms with Crippen molar-refractivity contribution in [3.63, 3.8) is 0 Å². The monoisotopic (exact) mass is 479 g/mol. The predicted molar refractivity (Wildman–Crippen MR) is 129 cm³/mol. The normalized spacial score (nSPS) is 18.1. The summed E-state index contributed by atoms with van der Waals surface area (Å²) in [5.74, 6) is -1.35. The molecule has 2 aromatic carbocycles. The van der Waals surface area contributed by atoms with Crippen LogP contribution in [0.25, 0.3) is 11.1 Å². The van der Waals surface area contributed by atoms with E-state index in [0.717, 1.165) is 16.7 Å². The minimum Gasteiger partial charge on any atom is -0.496 e. The number of carbonyl (C=O) groups is 4. The van der Waals surface area contributed by atoms with Gasteiger partial charge in [-0.1, -0.05) is 18.2 Å². The topological polar surface area (TPSA) is 80.8 Å². The van der Waals surface area contributed by atoms with Crippen molar-refractivity contribution in [1.82, 2.24) is 4.90 Å². The summed E-state index contributed by atoms with van der Waals surface area (Å²) in [6.45, 7) is 4.15. The van der Waals surface area contributed by atoms with Crippen LogP contribution in [0.4, 0.5) is 4.39 Å². The zero-order valence-corrected chi connectivity index (χ0v) is 20.4. The second-order valence-corrected chi connectivity index (χ2v) is 9.89. The lowest BCUT2D eigenvalue weighted by molar-refractivity contribution is -0.140. The van der Waals surface area contributed by atoms with E-state index in [9.17, 15) is 23.6 Å². The maximum absolute atomic E-state index is 13.4. The van der Waals surface area contributed by atoms with E-state index in [0.29, 0.717) is 37.2 Å². The first-order valence-electron chi connectivity index (χ1n) is 11.9. The Labute approximate surface area is 204 Å². The summed E-state index contributed by atoms with van der Waals surface area (Å²) in [5, 5.41) is 0. The highest BCUT2D eigenvalue weighted by Gasteiger charge is 2.48. The van der Waals surface area contributed by atoms with Crippen LogP contribution >= 0.6 is 0 Å². The SMILES string of the molecule is COc1cc(-c2ccc(F)cc2)cc(C)c1C1C(=O)CC2(CCN(C(=O)CC(C)=O)CC2)CC1=O. The van der Waals surface area contributed by atoms with Crippen molar-refractivity contribution in [2.24, 2.45) is 5.41 Å². The Kier molecular flexibility index (Phi) is 6.88. The number of aryl methyl sites for hydroxylation is 1. The summed E-state index contributed by atoms with van der Waals surface area (Å²) in [6, 6.07) is 9.82. The molecule has 1 aliphatic carbocycles. The first-order chi connectivity index (χ1) is 16.6. The van der Waals surface area contributed by atoms with E-state index in [4.69, 9.17) is 4.74 Å². The van der Waals surface area contributed by atoms with Gasteiger partial charge < -0.3 is 9.64 Å². The summed E-state index contributed by atoms with van der Waals surface area (Å²) < 4.78 is 19.0. The molecule has 35 heavy (non-hydrogen) atoms. The predicted octanol–water partition coefficient (Wildman–Crippen LogP) is 4.41. The molecule has 2 aromatic rings. The summed E-state index contributed by atoms with van der Waals surface area (Å²) in [7, 11) is 1.51. The van der Waals surface area contributed by atoms with Crippen LogP contribution in [0, 0.1) is 18.2 Å². The van der Waals surface area contributed by atoms with Gasteiger partial charge in [-0.25, -0.2) is 4.39 Å². The number of ether oxygens (including phenoxy) is 1. The number of piperidine rings is 1. The molecule has 0 radical (unpaired) electrons. The Morgan fingerprint density at radius 1 is 1.03 bits per heavy atom. The third-order valence-electron chi connectivity index (χ3n) is 7.35. The van der Waals surface area contributed by atoms with Gasteiger partial charge in [-0.15, -0.1) is 0 Å². The van der Waals surface area contributed by atoms with Gasteiger partial charge in [0.1, 0.15) is 34.8 Å². The number of methoxy groups -OCH3 is 1. The number of rotatable bonds is 5. The van der Waals surface area contributed by atoms with Gasteiger partial charge in [-0.05, 0) is 67.0 Å². The fraction of sp³-hybridized carbons (Fsp3) is 0.429. The molecule has 0 aromatic heterocycles. The third kappa shape index (κ3) is 5.04. The Morgan fingerprint density at radius 2 is 1.63 bits per heavy atom. The molecular weight excluding hydrogens is 449 g/mol. The molecule has 7 heteroatoms. The van der Waals surface area contributed by atoms with Crippen LogP contribution in [-0.4, -0.2) is 48.4 Å². The molecule has 1 saturated carbocycles. The molecule has 1 amide bonds. The third-order valence-corrected chi connectivity index (χ3v) is 7.35. The zero-order valence-electron chi connectivity index (χ0n) is 20.4. The lowest BCUT2D eigenvalue weighted by atomic mass is 9.63. The molecule has 6 nitrogen and oxygen atoms in total. The second-order valence-electron chi connectivity index (χ2n) is 9.89. The van der Waals surface area contributed by atoms with Gasteiger partial charge in [0.15, 0.2) is 0 Å². The van der Waals surface area contributed by atoms with Crippen LogP contribution < -0.4 is 4.74 Å². The summed E-state index contributed by atoms with van der Waals surface area (Å²) in [5.41, 5.74) is 2.56. The highest BCUT2D eigenvalue weighted by Crippen LogP contribution is 2.48. The lowest BCUT2D eigenvalue weighted by Gasteiger charge is -2.44. The van der Waals surface area contributed by atoms with Gasteiger partial charge in [0.25, 0.3) is 0 Å². The van der Waals surface area contributed by atoms with Crippen molar-refractivity contribution in [3.8, 4) is 16.9 Å². The Bertz CT molecular complexity index is 1160. The van der Waals surface area contributed by atoms with Crippen LogP contribution in [0.3, 0.4) is 0 Å². The Hall–Kier alpha value is -3.35. The van der Waals surface area contributed by atoms with E-state index in [2.05, 4.69) is 0 Å². The number of nitrogens with zero attached hydrogens (tertiary/aromatic N) is 1. The van der Waals surface area contributed by atoms with Crippen molar-refractivity contribution < 1.29 is 28.3 Å². The van der Waals surface area contributed by atoms with Crippen molar-refractivity contribution in [1.29, 1.82) is 0 Å². The maximum Gasteiger partial charge on any atom is 0.230 e. The van der Waals surface area contributed by atoms with E-state index in [1.165, 1.54) is 26.2 Å². The second kappa shape index (κ2) is 9.72. The van der Waals surface area contributed by atoms with Gasteiger partial charge in [-0.3, -0.25) is 19.2 Å². The number of halogens is 1. The largest absolute Gasteiger partial charge is 0.496 e. The number of benzene rings is 2. The van der Waals surface area contributed by atoms with E-state index in [-0.39, 0.29) is 48.3 Å². The minimum atomic E-state index is -0.879. The molecule has 1 heterocycles. The highest BCUT2D eigenvalue weighted by atomic mass is 19.1. The number of hydrogen-bond donors (Lipinski definition) is 0. The Morgan fingerprint density at radius 3 is 2.17 bits per heavy atom.